The molecule has 4 aliphatic rings. The maximum absolute atomic E-state index is 14.2. The van der Waals surface area contributed by atoms with Crippen molar-refractivity contribution in [1.82, 2.24) is 35.6 Å². The Kier molecular flexibility index (Phi) is 7.00. The molecule has 5 heterocycles. The quantitative estimate of drug-likeness (QED) is 0.507. The van der Waals surface area contributed by atoms with Crippen LogP contribution in [0.5, 0.6) is 0 Å². The third kappa shape index (κ3) is 4.65. The molecular weight excluding hydrogens is 511 g/mol. The number of aromatic nitrogens is 3. The third-order valence-electron chi connectivity index (χ3n) is 8.59. The number of alkyl halides is 1. The second-order valence-electron chi connectivity index (χ2n) is 11.0. The predicted octanol–water partition coefficient (Wildman–Crippen LogP) is 3.29. The first kappa shape index (κ1) is 25.5. The highest BCUT2D eigenvalue weighted by Gasteiger charge is 2.49. The van der Waals surface area contributed by atoms with Crippen molar-refractivity contribution < 1.29 is 8.81 Å². The third-order valence-corrected chi connectivity index (χ3v) is 8.80. The fourth-order valence-electron chi connectivity index (χ4n) is 6.53. The summed E-state index contributed by atoms with van der Waals surface area (Å²) in [5.41, 5.74) is 2.37. The molecule has 3 fully saturated rings. The van der Waals surface area contributed by atoms with Gasteiger partial charge in [-0.25, -0.2) is 19.3 Å². The molecule has 6 rings (SSSR count). The van der Waals surface area contributed by atoms with Gasteiger partial charge in [0, 0.05) is 36.6 Å². The molecule has 0 amide bonds. The number of likely N-dealkylation sites (tertiary alicyclic amines) is 1. The first-order chi connectivity index (χ1) is 18.4. The van der Waals surface area contributed by atoms with Crippen LogP contribution < -0.4 is 16.4 Å². The van der Waals surface area contributed by atoms with Gasteiger partial charge in [0.2, 0.25) is 0 Å². The lowest BCUT2D eigenvalue weighted by Gasteiger charge is -2.44. The fourth-order valence-corrected chi connectivity index (χ4v) is 6.70. The van der Waals surface area contributed by atoms with Crippen LogP contribution in [0.25, 0.3) is 5.70 Å². The number of hydrogen-bond donors (Lipinski definition) is 3. The molecule has 4 atom stereocenters. The van der Waals surface area contributed by atoms with Crippen LogP contribution in [0, 0.1) is 11.8 Å². The Labute approximate surface area is 225 Å². The first-order valence-electron chi connectivity index (χ1n) is 13.5. The predicted molar refractivity (Wildman–Crippen MR) is 142 cm³/mol. The van der Waals surface area contributed by atoms with E-state index in [-0.39, 0.29) is 37.1 Å². The van der Waals surface area contributed by atoms with Crippen LogP contribution in [0.1, 0.15) is 63.8 Å². The number of pyridine rings is 1. The van der Waals surface area contributed by atoms with E-state index < -0.39 is 5.76 Å². The van der Waals surface area contributed by atoms with E-state index in [2.05, 4.69) is 49.5 Å². The number of aliphatic imine (C=N–C) groups is 1. The summed E-state index contributed by atoms with van der Waals surface area (Å²) in [5.74, 6) is 0.972. The zero-order chi connectivity index (χ0) is 26.4. The summed E-state index contributed by atoms with van der Waals surface area (Å²) in [7, 11) is 0. The number of aromatic amines is 1. The molecule has 204 valence electrons. The molecule has 0 aromatic carbocycles. The average Bonchev–Trinajstić information content (AvgIpc) is 3.65. The highest BCUT2D eigenvalue weighted by atomic mass is 35.5. The number of nitrogens with one attached hydrogen (secondary N) is 3. The second kappa shape index (κ2) is 10.4. The number of rotatable bonds is 6. The number of halogens is 2. The molecule has 0 spiro atoms. The molecule has 1 saturated carbocycles. The number of fused-ring (bicyclic) bond motifs is 1. The minimum Gasteiger partial charge on any atom is -0.384 e. The number of H-pyrrole nitrogens is 1. The molecule has 1 unspecified atom stereocenters. The summed E-state index contributed by atoms with van der Waals surface area (Å²) in [5, 5.41) is 13.9. The van der Waals surface area contributed by atoms with Gasteiger partial charge in [-0.1, -0.05) is 31.4 Å². The molecule has 3 N–H and O–H groups in total. The van der Waals surface area contributed by atoms with Gasteiger partial charge in [-0.05, 0) is 50.5 Å². The van der Waals surface area contributed by atoms with E-state index in [9.17, 15) is 9.18 Å². The maximum Gasteiger partial charge on any atom is 0.434 e. The van der Waals surface area contributed by atoms with Gasteiger partial charge in [0.15, 0.2) is 5.84 Å². The molecule has 3 aliphatic heterocycles. The Hall–Kier alpha value is -2.76. The van der Waals surface area contributed by atoms with E-state index >= 15 is 0 Å². The van der Waals surface area contributed by atoms with Crippen molar-refractivity contribution in [3.63, 3.8) is 0 Å². The van der Waals surface area contributed by atoms with Crippen LogP contribution in [0.4, 0.5) is 4.39 Å². The van der Waals surface area contributed by atoms with Crippen molar-refractivity contribution in [1.29, 1.82) is 0 Å². The minimum atomic E-state index is -0.660. The van der Waals surface area contributed by atoms with Gasteiger partial charge in [-0.15, -0.1) is 5.10 Å². The van der Waals surface area contributed by atoms with Crippen LogP contribution in [0.2, 0.25) is 5.02 Å². The standard InChI is InChI=1S/C26H34ClFN8O2/c1-14-5-7-16(8-6-14)15(2)36-21-20(17-10-18(27)13-29-12-17)30-23(24-33-34-26(37)38-24)31-22(21)32-25(36)35-9-3-4-19(35)11-28/h10,12-16,19,22,25,32H,3-9,11H2,1-2H3,(H,30,31)(H,34,37)/t14-,15?,16-,19-,22-,25-/m0/s1. The van der Waals surface area contributed by atoms with Crippen LogP contribution in [0.3, 0.4) is 0 Å². The van der Waals surface area contributed by atoms with E-state index in [1.54, 1.807) is 12.4 Å². The van der Waals surface area contributed by atoms with Crippen molar-refractivity contribution in [3.05, 3.63) is 51.2 Å². The van der Waals surface area contributed by atoms with E-state index in [4.69, 9.17) is 21.0 Å². The zero-order valence-corrected chi connectivity index (χ0v) is 22.4. The summed E-state index contributed by atoms with van der Waals surface area (Å²) in [6.45, 7) is 5.04. The molecule has 0 bridgehead atoms. The highest BCUT2D eigenvalue weighted by molar-refractivity contribution is 6.30. The fraction of sp³-hybridized carbons (Fsp3) is 0.615. The zero-order valence-electron chi connectivity index (χ0n) is 21.7. The van der Waals surface area contributed by atoms with Crippen molar-refractivity contribution in [2.75, 3.05) is 13.2 Å². The molecule has 2 aromatic rings. The van der Waals surface area contributed by atoms with Gasteiger partial charge in [-0.2, -0.15) is 0 Å². The normalized spacial score (nSPS) is 30.8. The Bertz CT molecular complexity index is 1290. The summed E-state index contributed by atoms with van der Waals surface area (Å²) < 4.78 is 19.4. The van der Waals surface area contributed by atoms with E-state index in [0.717, 1.165) is 49.4 Å². The Morgan fingerprint density at radius 1 is 1.24 bits per heavy atom. The van der Waals surface area contributed by atoms with Crippen molar-refractivity contribution in [3.8, 4) is 0 Å². The lowest BCUT2D eigenvalue weighted by molar-refractivity contribution is 0.0118. The van der Waals surface area contributed by atoms with Crippen LogP contribution in [-0.4, -0.2) is 68.6 Å². The lowest BCUT2D eigenvalue weighted by atomic mass is 9.79. The number of hydrogen-bond acceptors (Lipinski definition) is 9. The summed E-state index contributed by atoms with van der Waals surface area (Å²) >= 11 is 6.36. The molecule has 0 radical (unpaired) electrons. The largest absolute Gasteiger partial charge is 0.434 e. The van der Waals surface area contributed by atoms with Gasteiger partial charge in [0.05, 0.1) is 16.4 Å². The number of nitrogens with zero attached hydrogens (tertiary/aromatic N) is 5. The van der Waals surface area contributed by atoms with Crippen LogP contribution in [0.15, 0.2) is 38.4 Å². The Morgan fingerprint density at radius 2 is 2.05 bits per heavy atom. The van der Waals surface area contributed by atoms with Gasteiger partial charge in [-0.3, -0.25) is 15.2 Å². The molecule has 1 aliphatic carbocycles. The molecule has 12 heteroatoms. The van der Waals surface area contributed by atoms with Crippen molar-refractivity contribution in [2.24, 2.45) is 16.8 Å². The molecule has 38 heavy (non-hydrogen) atoms. The molecule has 2 saturated heterocycles. The van der Waals surface area contributed by atoms with Gasteiger partial charge < -0.3 is 14.6 Å². The lowest BCUT2D eigenvalue weighted by Crippen LogP contribution is -2.57. The first-order valence-corrected chi connectivity index (χ1v) is 13.9. The van der Waals surface area contributed by atoms with Gasteiger partial charge in [0.1, 0.15) is 19.1 Å². The molecular formula is C26H34ClFN8O2. The average molecular weight is 545 g/mol. The van der Waals surface area contributed by atoms with E-state index in [1.807, 2.05) is 6.07 Å². The smallest absolute Gasteiger partial charge is 0.384 e. The van der Waals surface area contributed by atoms with Crippen molar-refractivity contribution >= 4 is 23.1 Å². The van der Waals surface area contributed by atoms with E-state index in [0.29, 0.717) is 22.5 Å². The topological polar surface area (TPSA) is 115 Å². The van der Waals surface area contributed by atoms with Crippen LogP contribution >= 0.6 is 11.6 Å². The van der Waals surface area contributed by atoms with Gasteiger partial charge >= 0.3 is 5.76 Å². The number of amidine groups is 1. The summed E-state index contributed by atoms with van der Waals surface area (Å²) in [4.78, 5) is 25.6. The Balaban J connectivity index is 1.48. The van der Waals surface area contributed by atoms with Gasteiger partial charge in [0.25, 0.3) is 5.89 Å². The minimum absolute atomic E-state index is 0.0652. The molecule has 10 nitrogen and oxygen atoms in total. The molecule has 2 aromatic heterocycles. The van der Waals surface area contributed by atoms with E-state index in [1.165, 1.54) is 12.8 Å². The summed E-state index contributed by atoms with van der Waals surface area (Å²) in [6, 6.07) is 1.88. The van der Waals surface area contributed by atoms with Crippen molar-refractivity contribution in [2.45, 2.75) is 76.9 Å². The summed E-state index contributed by atoms with van der Waals surface area (Å²) in [6.07, 6.45) is 9.26. The Morgan fingerprint density at radius 3 is 2.76 bits per heavy atom. The monoisotopic (exact) mass is 544 g/mol. The highest BCUT2D eigenvalue weighted by Crippen LogP contribution is 2.41. The maximum atomic E-state index is 14.2. The second-order valence-corrected chi connectivity index (χ2v) is 11.4. The van der Waals surface area contributed by atoms with Crippen LogP contribution in [-0.2, 0) is 0 Å². The SMILES string of the molecule is CC([C@H]1CC[C@H](C)CC1)N1C2=C(c3cncc(Cl)c3)N=C(c3n[nH]c(=O)o3)N[C@H]2N[C@H]1N1CCC[C@H]1CF.